The average molecular weight is 383 g/mol. The van der Waals surface area contributed by atoms with Crippen molar-refractivity contribution < 1.29 is 14.3 Å². The first-order valence-electron chi connectivity index (χ1n) is 9.70. The Bertz CT molecular complexity index is 758. The Morgan fingerprint density at radius 1 is 0.964 bits per heavy atom. The van der Waals surface area contributed by atoms with E-state index in [-0.39, 0.29) is 24.5 Å². The van der Waals surface area contributed by atoms with Gasteiger partial charge in [-0.1, -0.05) is 13.8 Å². The van der Waals surface area contributed by atoms with Crippen molar-refractivity contribution in [3.8, 4) is 5.75 Å². The van der Waals surface area contributed by atoms with Crippen LogP contribution >= 0.6 is 0 Å². The first-order valence-corrected chi connectivity index (χ1v) is 9.70. The third-order valence-electron chi connectivity index (χ3n) is 4.19. The standard InChI is InChI=1S/C22H29N3O3/c1-4-14-23-22(27)17-6-8-18(9-7-17)24-15-21(26)25-19-10-12-20(13-11-19)28-16(3)5-2/h6-13,16,24H,4-5,14-15H2,1-3H3,(H,23,27)(H,25,26). The van der Waals surface area contributed by atoms with Gasteiger partial charge in [-0.2, -0.15) is 0 Å². The number of anilines is 2. The summed E-state index contributed by atoms with van der Waals surface area (Å²) in [5.41, 5.74) is 2.09. The number of benzene rings is 2. The van der Waals surface area contributed by atoms with E-state index in [1.807, 2.05) is 38.1 Å². The van der Waals surface area contributed by atoms with Gasteiger partial charge in [-0.3, -0.25) is 9.59 Å². The summed E-state index contributed by atoms with van der Waals surface area (Å²) in [4.78, 5) is 24.0. The molecule has 3 N–H and O–H groups in total. The first-order chi connectivity index (χ1) is 13.5. The zero-order valence-electron chi connectivity index (χ0n) is 16.7. The van der Waals surface area contributed by atoms with Gasteiger partial charge >= 0.3 is 0 Å². The highest BCUT2D eigenvalue weighted by Gasteiger charge is 2.06. The number of ether oxygens (including phenoxy) is 1. The van der Waals surface area contributed by atoms with E-state index in [0.29, 0.717) is 17.8 Å². The number of carbonyl (C=O) groups is 2. The molecule has 6 heteroatoms. The molecule has 0 aromatic heterocycles. The van der Waals surface area contributed by atoms with Crippen LogP contribution < -0.4 is 20.7 Å². The van der Waals surface area contributed by atoms with Gasteiger partial charge in [-0.25, -0.2) is 0 Å². The van der Waals surface area contributed by atoms with E-state index in [0.717, 1.165) is 24.3 Å². The summed E-state index contributed by atoms with van der Waals surface area (Å²) in [5, 5.41) is 8.72. The zero-order chi connectivity index (χ0) is 20.4. The van der Waals surface area contributed by atoms with Gasteiger partial charge in [0.15, 0.2) is 0 Å². The minimum Gasteiger partial charge on any atom is -0.491 e. The number of hydrogen-bond donors (Lipinski definition) is 3. The SMILES string of the molecule is CCCNC(=O)c1ccc(NCC(=O)Nc2ccc(OC(C)CC)cc2)cc1. The van der Waals surface area contributed by atoms with Crippen LogP contribution in [0.4, 0.5) is 11.4 Å². The van der Waals surface area contributed by atoms with Crippen LogP contribution in [0.3, 0.4) is 0 Å². The molecule has 0 heterocycles. The average Bonchev–Trinajstić information content (AvgIpc) is 2.72. The van der Waals surface area contributed by atoms with Crippen LogP contribution in [-0.4, -0.2) is 31.0 Å². The summed E-state index contributed by atoms with van der Waals surface area (Å²) in [7, 11) is 0. The molecule has 0 aliphatic rings. The fourth-order valence-electron chi connectivity index (χ4n) is 2.40. The molecule has 0 fully saturated rings. The van der Waals surface area contributed by atoms with Crippen LogP contribution in [0.25, 0.3) is 0 Å². The summed E-state index contributed by atoms with van der Waals surface area (Å²) in [6.07, 6.45) is 2.00. The van der Waals surface area contributed by atoms with Crippen LogP contribution in [0, 0.1) is 0 Å². The second-order valence-electron chi connectivity index (χ2n) is 6.60. The lowest BCUT2D eigenvalue weighted by Crippen LogP contribution is -2.24. The number of hydrogen-bond acceptors (Lipinski definition) is 4. The molecule has 2 amide bonds. The maximum atomic E-state index is 12.1. The van der Waals surface area contributed by atoms with Gasteiger partial charge in [0.2, 0.25) is 5.91 Å². The van der Waals surface area contributed by atoms with Crippen molar-refractivity contribution in [2.75, 3.05) is 23.7 Å². The minimum atomic E-state index is -0.152. The molecule has 0 radical (unpaired) electrons. The quantitative estimate of drug-likeness (QED) is 0.578. The largest absolute Gasteiger partial charge is 0.491 e. The van der Waals surface area contributed by atoms with Crippen LogP contribution in [0.1, 0.15) is 44.0 Å². The highest BCUT2D eigenvalue weighted by Crippen LogP contribution is 2.17. The second kappa shape index (κ2) is 11.0. The molecule has 0 spiro atoms. The van der Waals surface area contributed by atoms with Crippen molar-refractivity contribution in [2.45, 2.75) is 39.7 Å². The molecular formula is C22H29N3O3. The summed E-state index contributed by atoms with van der Waals surface area (Å²) in [6.45, 7) is 6.89. The predicted molar refractivity (Wildman–Crippen MR) is 113 cm³/mol. The third-order valence-corrected chi connectivity index (χ3v) is 4.19. The van der Waals surface area contributed by atoms with E-state index < -0.39 is 0 Å². The number of carbonyl (C=O) groups excluding carboxylic acids is 2. The lowest BCUT2D eigenvalue weighted by molar-refractivity contribution is -0.114. The van der Waals surface area contributed by atoms with Gasteiger partial charge in [0.25, 0.3) is 5.91 Å². The van der Waals surface area contributed by atoms with Crippen LogP contribution in [0.15, 0.2) is 48.5 Å². The van der Waals surface area contributed by atoms with Crippen molar-refractivity contribution in [3.63, 3.8) is 0 Å². The first kappa shape index (κ1) is 21.3. The molecule has 0 saturated carbocycles. The fourth-order valence-corrected chi connectivity index (χ4v) is 2.40. The maximum Gasteiger partial charge on any atom is 0.251 e. The highest BCUT2D eigenvalue weighted by molar-refractivity contribution is 5.95. The Hall–Kier alpha value is -3.02. The number of rotatable bonds is 10. The Kier molecular flexibility index (Phi) is 8.34. The molecule has 28 heavy (non-hydrogen) atoms. The zero-order valence-corrected chi connectivity index (χ0v) is 16.7. The van der Waals surface area contributed by atoms with E-state index in [1.54, 1.807) is 24.3 Å². The van der Waals surface area contributed by atoms with Crippen LogP contribution in [0.5, 0.6) is 5.75 Å². The smallest absolute Gasteiger partial charge is 0.251 e. The van der Waals surface area contributed by atoms with Gasteiger partial charge in [0.1, 0.15) is 5.75 Å². The maximum absolute atomic E-state index is 12.1. The fraction of sp³-hybridized carbons (Fsp3) is 0.364. The monoisotopic (exact) mass is 383 g/mol. The Labute approximate surface area is 166 Å². The van der Waals surface area contributed by atoms with Crippen molar-refractivity contribution in [1.82, 2.24) is 5.32 Å². The topological polar surface area (TPSA) is 79.5 Å². The molecular weight excluding hydrogens is 354 g/mol. The molecule has 1 unspecified atom stereocenters. The van der Waals surface area contributed by atoms with E-state index >= 15 is 0 Å². The molecule has 2 aromatic carbocycles. The summed E-state index contributed by atoms with van der Waals surface area (Å²) in [6, 6.07) is 14.4. The van der Waals surface area contributed by atoms with Crippen LogP contribution in [0.2, 0.25) is 0 Å². The number of nitrogens with one attached hydrogen (secondary N) is 3. The van der Waals surface area contributed by atoms with E-state index in [4.69, 9.17) is 4.74 Å². The number of amides is 2. The predicted octanol–water partition coefficient (Wildman–Crippen LogP) is 4.05. The molecule has 0 saturated heterocycles. The third kappa shape index (κ3) is 6.95. The Balaban J connectivity index is 1.79. The molecule has 0 aliphatic carbocycles. The van der Waals surface area contributed by atoms with Gasteiger partial charge in [-0.15, -0.1) is 0 Å². The summed E-state index contributed by atoms with van der Waals surface area (Å²) in [5.74, 6) is 0.542. The van der Waals surface area contributed by atoms with Crippen molar-refractivity contribution in [2.24, 2.45) is 0 Å². The molecule has 6 nitrogen and oxygen atoms in total. The minimum absolute atomic E-state index is 0.0908. The Morgan fingerprint density at radius 3 is 2.21 bits per heavy atom. The van der Waals surface area contributed by atoms with Gasteiger partial charge in [0.05, 0.1) is 12.6 Å². The molecule has 2 rings (SSSR count). The van der Waals surface area contributed by atoms with E-state index in [2.05, 4.69) is 22.9 Å². The van der Waals surface area contributed by atoms with Gasteiger partial charge in [-0.05, 0) is 68.3 Å². The van der Waals surface area contributed by atoms with E-state index in [9.17, 15) is 9.59 Å². The second-order valence-corrected chi connectivity index (χ2v) is 6.60. The van der Waals surface area contributed by atoms with Gasteiger partial charge in [0, 0.05) is 23.5 Å². The summed E-state index contributed by atoms with van der Waals surface area (Å²) >= 11 is 0. The molecule has 2 aromatic rings. The normalized spacial score (nSPS) is 11.4. The highest BCUT2D eigenvalue weighted by atomic mass is 16.5. The van der Waals surface area contributed by atoms with Crippen molar-refractivity contribution in [3.05, 3.63) is 54.1 Å². The van der Waals surface area contributed by atoms with Crippen molar-refractivity contribution >= 4 is 23.2 Å². The molecule has 0 aliphatic heterocycles. The lowest BCUT2D eigenvalue weighted by atomic mass is 10.2. The molecule has 1 atom stereocenters. The summed E-state index contributed by atoms with van der Waals surface area (Å²) < 4.78 is 5.72. The van der Waals surface area contributed by atoms with Crippen molar-refractivity contribution in [1.29, 1.82) is 0 Å². The van der Waals surface area contributed by atoms with Gasteiger partial charge < -0.3 is 20.7 Å². The van der Waals surface area contributed by atoms with Crippen LogP contribution in [-0.2, 0) is 4.79 Å². The van der Waals surface area contributed by atoms with E-state index in [1.165, 1.54) is 0 Å². The lowest BCUT2D eigenvalue weighted by Gasteiger charge is -2.13. The molecule has 0 bridgehead atoms. The molecule has 150 valence electrons. The Morgan fingerprint density at radius 2 is 1.61 bits per heavy atom.